The Balaban J connectivity index is 1.73. The zero-order valence-electron chi connectivity index (χ0n) is 12.6. The predicted octanol–water partition coefficient (Wildman–Crippen LogP) is 1.16. The third kappa shape index (κ3) is 2.70. The van der Waals surface area contributed by atoms with E-state index in [1.165, 1.54) is 5.82 Å². The number of anilines is 1. The van der Waals surface area contributed by atoms with Gasteiger partial charge in [-0.05, 0) is 19.3 Å². The van der Waals surface area contributed by atoms with E-state index >= 15 is 0 Å². The molecule has 0 N–H and O–H groups in total. The van der Waals surface area contributed by atoms with Gasteiger partial charge in [0, 0.05) is 57.9 Å². The number of aryl methyl sites for hydroxylation is 2. The highest BCUT2D eigenvalue weighted by molar-refractivity contribution is 5.34. The molecule has 2 aromatic heterocycles. The topological polar surface area (TPSA) is 56.0 Å². The van der Waals surface area contributed by atoms with Gasteiger partial charge in [0.05, 0.1) is 0 Å². The smallest absolute Gasteiger partial charge is 0.293 e. The van der Waals surface area contributed by atoms with Crippen LogP contribution in [0.4, 0.5) is 5.82 Å². The van der Waals surface area contributed by atoms with E-state index in [2.05, 4.69) is 14.5 Å². The predicted molar refractivity (Wildman–Crippen MR) is 81.5 cm³/mol. The largest absolute Gasteiger partial charge is 0.355 e. The Labute approximate surface area is 124 Å². The SMILES string of the molecule is CCn1ccnc(N(C)C[C@@H]2CCc3nccn3C2)c1=O. The molecule has 0 aromatic carbocycles. The molecule has 1 aliphatic heterocycles. The maximum atomic E-state index is 12.3. The molecule has 3 heterocycles. The highest BCUT2D eigenvalue weighted by Crippen LogP contribution is 2.20. The summed E-state index contributed by atoms with van der Waals surface area (Å²) in [7, 11) is 1.95. The summed E-state index contributed by atoms with van der Waals surface area (Å²) >= 11 is 0. The van der Waals surface area contributed by atoms with Crippen LogP contribution in [0.25, 0.3) is 0 Å². The second-order valence-electron chi connectivity index (χ2n) is 5.62. The minimum Gasteiger partial charge on any atom is -0.355 e. The third-order valence-electron chi connectivity index (χ3n) is 4.16. The van der Waals surface area contributed by atoms with Gasteiger partial charge < -0.3 is 14.0 Å². The molecule has 0 saturated heterocycles. The fourth-order valence-corrected chi connectivity index (χ4v) is 3.01. The molecule has 0 amide bonds. The first-order valence-corrected chi connectivity index (χ1v) is 7.45. The zero-order valence-corrected chi connectivity index (χ0v) is 12.6. The summed E-state index contributed by atoms with van der Waals surface area (Å²) in [5.74, 6) is 2.23. The molecule has 0 fully saturated rings. The van der Waals surface area contributed by atoms with Crippen molar-refractivity contribution in [3.8, 4) is 0 Å². The van der Waals surface area contributed by atoms with Crippen molar-refractivity contribution in [3.05, 3.63) is 41.0 Å². The van der Waals surface area contributed by atoms with Gasteiger partial charge in [-0.15, -0.1) is 0 Å². The second-order valence-corrected chi connectivity index (χ2v) is 5.62. The molecule has 21 heavy (non-hydrogen) atoms. The lowest BCUT2D eigenvalue weighted by atomic mass is 9.99. The van der Waals surface area contributed by atoms with Crippen LogP contribution < -0.4 is 10.5 Å². The molecule has 112 valence electrons. The van der Waals surface area contributed by atoms with E-state index in [1.807, 2.05) is 31.3 Å². The molecule has 1 atom stereocenters. The summed E-state index contributed by atoms with van der Waals surface area (Å²) in [5.41, 5.74) is -0.0124. The van der Waals surface area contributed by atoms with Gasteiger partial charge in [-0.25, -0.2) is 9.97 Å². The molecule has 0 radical (unpaired) electrons. The van der Waals surface area contributed by atoms with Crippen molar-refractivity contribution in [2.75, 3.05) is 18.5 Å². The molecule has 3 rings (SSSR count). The number of fused-ring (bicyclic) bond motifs is 1. The van der Waals surface area contributed by atoms with Crippen LogP contribution in [0, 0.1) is 5.92 Å². The van der Waals surface area contributed by atoms with Crippen molar-refractivity contribution in [1.29, 1.82) is 0 Å². The molecular formula is C15H21N5O. The number of rotatable bonds is 4. The van der Waals surface area contributed by atoms with Crippen molar-refractivity contribution < 1.29 is 0 Å². The maximum absolute atomic E-state index is 12.3. The molecule has 2 aromatic rings. The number of aromatic nitrogens is 4. The van der Waals surface area contributed by atoms with E-state index in [0.29, 0.717) is 18.3 Å². The average Bonchev–Trinajstić information content (AvgIpc) is 2.95. The molecule has 0 aliphatic carbocycles. The maximum Gasteiger partial charge on any atom is 0.293 e. The van der Waals surface area contributed by atoms with Gasteiger partial charge in [-0.3, -0.25) is 4.79 Å². The highest BCUT2D eigenvalue weighted by Gasteiger charge is 2.21. The Kier molecular flexibility index (Phi) is 3.77. The minimum absolute atomic E-state index is 0.0124. The van der Waals surface area contributed by atoms with Gasteiger partial charge in [0.2, 0.25) is 0 Å². The molecule has 0 bridgehead atoms. The Morgan fingerprint density at radius 2 is 2.14 bits per heavy atom. The van der Waals surface area contributed by atoms with Gasteiger partial charge >= 0.3 is 0 Å². The van der Waals surface area contributed by atoms with Crippen molar-refractivity contribution >= 4 is 5.82 Å². The molecule has 0 spiro atoms. The van der Waals surface area contributed by atoms with Gasteiger partial charge in [-0.2, -0.15) is 0 Å². The normalized spacial score (nSPS) is 17.5. The van der Waals surface area contributed by atoms with E-state index in [4.69, 9.17) is 0 Å². The van der Waals surface area contributed by atoms with Crippen LogP contribution in [0.3, 0.4) is 0 Å². The molecule has 0 unspecified atom stereocenters. The second kappa shape index (κ2) is 5.71. The summed E-state index contributed by atoms with van der Waals surface area (Å²) in [6.45, 7) is 4.44. The van der Waals surface area contributed by atoms with Crippen molar-refractivity contribution in [2.45, 2.75) is 32.9 Å². The van der Waals surface area contributed by atoms with Crippen LogP contribution in [0.2, 0.25) is 0 Å². The quantitative estimate of drug-likeness (QED) is 0.847. The average molecular weight is 287 g/mol. The van der Waals surface area contributed by atoms with E-state index in [9.17, 15) is 4.79 Å². The zero-order chi connectivity index (χ0) is 14.8. The Morgan fingerprint density at radius 3 is 2.95 bits per heavy atom. The van der Waals surface area contributed by atoms with Gasteiger partial charge in [0.25, 0.3) is 5.56 Å². The van der Waals surface area contributed by atoms with Gasteiger partial charge in [-0.1, -0.05) is 0 Å². The Bertz CT molecular complexity index is 675. The Hall–Kier alpha value is -2.11. The monoisotopic (exact) mass is 287 g/mol. The van der Waals surface area contributed by atoms with Gasteiger partial charge in [0.15, 0.2) is 5.82 Å². The summed E-state index contributed by atoms with van der Waals surface area (Å²) in [6, 6.07) is 0. The third-order valence-corrected chi connectivity index (χ3v) is 4.16. The standard InChI is InChI=1S/C15H21N5O/c1-3-19-8-7-17-14(15(19)21)18(2)10-12-4-5-13-16-6-9-20(13)11-12/h6-9,12H,3-5,10-11H2,1-2H3/t12-/m0/s1. The van der Waals surface area contributed by atoms with E-state index in [1.54, 1.807) is 17.0 Å². The lowest BCUT2D eigenvalue weighted by Gasteiger charge is -2.28. The summed E-state index contributed by atoms with van der Waals surface area (Å²) < 4.78 is 3.90. The molecule has 6 nitrogen and oxygen atoms in total. The van der Waals surface area contributed by atoms with Crippen LogP contribution in [0.5, 0.6) is 0 Å². The van der Waals surface area contributed by atoms with Crippen LogP contribution in [-0.2, 0) is 19.5 Å². The first-order chi connectivity index (χ1) is 10.2. The van der Waals surface area contributed by atoms with E-state index < -0.39 is 0 Å². The summed E-state index contributed by atoms with van der Waals surface area (Å²) in [6.07, 6.45) is 9.44. The van der Waals surface area contributed by atoms with Gasteiger partial charge in [0.1, 0.15) is 5.82 Å². The minimum atomic E-state index is -0.0124. The lowest BCUT2D eigenvalue weighted by molar-refractivity contribution is 0.368. The van der Waals surface area contributed by atoms with Crippen molar-refractivity contribution in [1.82, 2.24) is 19.1 Å². The first kappa shape index (κ1) is 13.9. The fraction of sp³-hybridized carbons (Fsp3) is 0.533. The Morgan fingerprint density at radius 1 is 1.33 bits per heavy atom. The molecule has 0 saturated carbocycles. The molecule has 6 heteroatoms. The molecule has 1 aliphatic rings. The first-order valence-electron chi connectivity index (χ1n) is 7.45. The number of hydrogen-bond acceptors (Lipinski definition) is 4. The summed E-state index contributed by atoms with van der Waals surface area (Å²) in [4.78, 5) is 22.9. The number of imidazole rings is 1. The van der Waals surface area contributed by atoms with Crippen LogP contribution >= 0.6 is 0 Å². The van der Waals surface area contributed by atoms with E-state index in [-0.39, 0.29) is 5.56 Å². The lowest BCUT2D eigenvalue weighted by Crippen LogP contribution is -2.36. The fourth-order valence-electron chi connectivity index (χ4n) is 3.01. The van der Waals surface area contributed by atoms with Crippen LogP contribution in [0.15, 0.2) is 29.6 Å². The highest BCUT2D eigenvalue weighted by atomic mass is 16.1. The number of nitrogens with zero attached hydrogens (tertiary/aromatic N) is 5. The molecular weight excluding hydrogens is 266 g/mol. The summed E-state index contributed by atoms with van der Waals surface area (Å²) in [5, 5.41) is 0. The van der Waals surface area contributed by atoms with Crippen molar-refractivity contribution in [2.24, 2.45) is 5.92 Å². The van der Waals surface area contributed by atoms with E-state index in [0.717, 1.165) is 25.9 Å². The van der Waals surface area contributed by atoms with Crippen molar-refractivity contribution in [3.63, 3.8) is 0 Å². The van der Waals surface area contributed by atoms with Crippen LogP contribution in [-0.4, -0.2) is 32.7 Å². The number of hydrogen-bond donors (Lipinski definition) is 0. The van der Waals surface area contributed by atoms with Crippen LogP contribution in [0.1, 0.15) is 19.2 Å².